The van der Waals surface area contributed by atoms with Crippen molar-refractivity contribution in [1.29, 1.82) is 0 Å². The third-order valence-corrected chi connectivity index (χ3v) is 6.71. The number of thiophene rings is 1. The van der Waals surface area contributed by atoms with Crippen LogP contribution in [0.2, 0.25) is 0 Å². The average Bonchev–Trinajstić information content (AvgIpc) is 3.40. The Labute approximate surface area is 173 Å². The first kappa shape index (κ1) is 18.3. The first-order valence-electron chi connectivity index (χ1n) is 8.59. The summed E-state index contributed by atoms with van der Waals surface area (Å²) in [6.07, 6.45) is 4.34. The van der Waals surface area contributed by atoms with Gasteiger partial charge in [0.25, 0.3) is 15.6 Å². The van der Waals surface area contributed by atoms with Gasteiger partial charge in [-0.25, -0.2) is 0 Å². The highest BCUT2D eigenvalue weighted by atomic mass is 32.2. The first-order chi connectivity index (χ1) is 14.5. The van der Waals surface area contributed by atoms with Crippen molar-refractivity contribution < 1.29 is 17.9 Å². The van der Waals surface area contributed by atoms with Crippen LogP contribution in [0.15, 0.2) is 77.9 Å². The monoisotopic (exact) mass is 440 g/mol. The molecule has 9 nitrogen and oxygen atoms in total. The topological polar surface area (TPSA) is 126 Å². The number of hydrogen-bond donors (Lipinski definition) is 2. The Kier molecular flexibility index (Phi) is 4.08. The van der Waals surface area contributed by atoms with E-state index in [1.54, 1.807) is 35.7 Å². The molecule has 5 rings (SSSR count). The van der Waals surface area contributed by atoms with E-state index in [1.165, 1.54) is 36.1 Å². The molecule has 0 saturated heterocycles. The molecule has 1 aliphatic rings. The molecule has 0 fully saturated rings. The molecule has 11 heteroatoms. The number of sulfonamides is 1. The summed E-state index contributed by atoms with van der Waals surface area (Å²) in [5, 5.41) is 19.5. The molecule has 150 valence electrons. The smallest absolute Gasteiger partial charge is 0.286 e. The second-order valence-electron chi connectivity index (χ2n) is 6.31. The maximum Gasteiger partial charge on any atom is 0.286 e. The molecule has 0 unspecified atom stereocenters. The van der Waals surface area contributed by atoms with Crippen molar-refractivity contribution in [2.24, 2.45) is 9.50 Å². The maximum absolute atomic E-state index is 13.2. The average molecular weight is 440 g/mol. The lowest BCUT2D eigenvalue weighted by molar-refractivity contribution is 0.479. The van der Waals surface area contributed by atoms with Gasteiger partial charge in [-0.1, -0.05) is 12.1 Å². The number of nitrogens with zero attached hydrogens (tertiary/aromatic N) is 3. The number of anilines is 1. The fourth-order valence-corrected chi connectivity index (χ4v) is 5.05. The van der Waals surface area contributed by atoms with E-state index in [4.69, 9.17) is 4.42 Å². The fraction of sp³-hybridized carbons (Fsp3) is 0. The third-order valence-electron chi connectivity index (χ3n) is 4.46. The van der Waals surface area contributed by atoms with Crippen molar-refractivity contribution in [2.75, 3.05) is 5.32 Å². The van der Waals surface area contributed by atoms with Gasteiger partial charge in [0.05, 0.1) is 34.6 Å². The summed E-state index contributed by atoms with van der Waals surface area (Å²) in [6.45, 7) is 0. The number of rotatable bonds is 3. The Hall–Kier alpha value is -3.70. The number of benzene rings is 1. The van der Waals surface area contributed by atoms with E-state index in [1.807, 2.05) is 0 Å². The van der Waals surface area contributed by atoms with Crippen LogP contribution in [0.1, 0.15) is 11.1 Å². The number of pyridine rings is 1. The second kappa shape index (κ2) is 6.68. The number of hydrogen-bond acceptors (Lipinski definition) is 8. The van der Waals surface area contributed by atoms with Crippen molar-refractivity contribution in [3.8, 4) is 5.75 Å². The molecule has 3 aromatic heterocycles. The van der Waals surface area contributed by atoms with Crippen LogP contribution < -0.4 is 10.9 Å². The highest BCUT2D eigenvalue weighted by Crippen LogP contribution is 2.34. The van der Waals surface area contributed by atoms with Gasteiger partial charge in [-0.05, 0) is 29.6 Å². The lowest BCUT2D eigenvalue weighted by Gasteiger charge is -2.18. The van der Waals surface area contributed by atoms with E-state index in [0.717, 1.165) is 4.68 Å². The molecule has 0 radical (unpaired) electrons. The van der Waals surface area contributed by atoms with Crippen LogP contribution in [0.4, 0.5) is 5.69 Å². The molecule has 0 amide bonds. The number of nitrogens with one attached hydrogen (secondary N) is 1. The van der Waals surface area contributed by atoms with E-state index in [2.05, 4.69) is 14.8 Å². The highest BCUT2D eigenvalue weighted by Gasteiger charge is 2.30. The molecule has 1 aromatic carbocycles. The van der Waals surface area contributed by atoms with E-state index in [9.17, 15) is 18.3 Å². The molecule has 0 bridgehead atoms. The number of furan rings is 1. The Balaban J connectivity index is 1.75. The van der Waals surface area contributed by atoms with Gasteiger partial charge in [0.15, 0.2) is 11.6 Å². The zero-order valence-electron chi connectivity index (χ0n) is 15.0. The lowest BCUT2D eigenvalue weighted by atomic mass is 10.2. The number of fused-ring (bicyclic) bond motifs is 2. The Morgan fingerprint density at radius 2 is 2.07 bits per heavy atom. The van der Waals surface area contributed by atoms with Crippen LogP contribution >= 0.6 is 11.3 Å². The van der Waals surface area contributed by atoms with Crippen LogP contribution in [0, 0.1) is 0 Å². The van der Waals surface area contributed by atoms with Crippen molar-refractivity contribution in [1.82, 2.24) is 4.68 Å². The summed E-state index contributed by atoms with van der Waals surface area (Å²) >= 11 is 1.19. The van der Waals surface area contributed by atoms with Crippen LogP contribution in [-0.2, 0) is 10.0 Å². The van der Waals surface area contributed by atoms with Crippen molar-refractivity contribution >= 4 is 49.3 Å². The highest BCUT2D eigenvalue weighted by molar-refractivity contribution is 7.90. The second-order valence-corrected chi connectivity index (χ2v) is 8.80. The molecule has 1 aliphatic heterocycles. The number of aromatic hydroxyl groups is 1. The first-order valence-corrected chi connectivity index (χ1v) is 10.9. The van der Waals surface area contributed by atoms with Crippen LogP contribution in [0.5, 0.6) is 5.75 Å². The Morgan fingerprint density at radius 3 is 2.87 bits per heavy atom. The molecule has 0 atom stereocenters. The molecule has 30 heavy (non-hydrogen) atoms. The summed E-state index contributed by atoms with van der Waals surface area (Å²) in [6, 6.07) is 9.49. The van der Waals surface area contributed by atoms with Gasteiger partial charge in [0.1, 0.15) is 10.5 Å². The summed E-state index contributed by atoms with van der Waals surface area (Å²) < 4.78 is 35.4. The molecular weight excluding hydrogens is 428 g/mol. The molecule has 2 N–H and O–H groups in total. The minimum absolute atomic E-state index is 0.0104. The van der Waals surface area contributed by atoms with E-state index in [0.29, 0.717) is 15.8 Å². The normalized spacial score (nSPS) is 15.1. The SMILES string of the molecule is O=c1c(C2=NS(=O)(=O)c3ccccc3N2)c(O)c2sccc2n1/N=C/c1ccoc1. The van der Waals surface area contributed by atoms with E-state index < -0.39 is 15.6 Å². The summed E-state index contributed by atoms with van der Waals surface area (Å²) in [4.78, 5) is 13.2. The Bertz CT molecular complexity index is 1510. The quantitative estimate of drug-likeness (QED) is 0.472. The van der Waals surface area contributed by atoms with Crippen molar-refractivity contribution in [2.45, 2.75) is 4.90 Å². The molecule has 0 saturated carbocycles. The van der Waals surface area contributed by atoms with Gasteiger partial charge in [-0.15, -0.1) is 15.7 Å². The van der Waals surface area contributed by atoms with Gasteiger partial charge >= 0.3 is 0 Å². The fourth-order valence-electron chi connectivity index (χ4n) is 3.10. The predicted octanol–water partition coefficient (Wildman–Crippen LogP) is 2.80. The van der Waals surface area contributed by atoms with Gasteiger partial charge in [0.2, 0.25) is 0 Å². The zero-order chi connectivity index (χ0) is 20.9. The predicted molar refractivity (Wildman–Crippen MR) is 113 cm³/mol. The molecule has 4 heterocycles. The van der Waals surface area contributed by atoms with Gasteiger partial charge in [0, 0.05) is 5.56 Å². The number of para-hydroxylation sites is 1. The molecule has 0 aliphatic carbocycles. The van der Waals surface area contributed by atoms with E-state index in [-0.39, 0.29) is 27.7 Å². The van der Waals surface area contributed by atoms with Crippen LogP contribution in [-0.4, -0.2) is 30.3 Å². The number of amidine groups is 1. The minimum atomic E-state index is -4.05. The molecule has 0 spiro atoms. The minimum Gasteiger partial charge on any atom is -0.505 e. The summed E-state index contributed by atoms with van der Waals surface area (Å²) in [5.41, 5.74) is 0.266. The molecular formula is C19H12N4O5S2. The summed E-state index contributed by atoms with van der Waals surface area (Å²) in [7, 11) is -4.05. The van der Waals surface area contributed by atoms with Crippen LogP contribution in [0.25, 0.3) is 10.2 Å². The van der Waals surface area contributed by atoms with Crippen molar-refractivity contribution in [3.63, 3.8) is 0 Å². The van der Waals surface area contributed by atoms with Crippen molar-refractivity contribution in [3.05, 3.63) is 75.8 Å². The molecule has 4 aromatic rings. The van der Waals surface area contributed by atoms with Gasteiger partial charge < -0.3 is 14.8 Å². The van der Waals surface area contributed by atoms with Gasteiger partial charge in [-0.3, -0.25) is 4.79 Å². The van der Waals surface area contributed by atoms with Crippen LogP contribution in [0.3, 0.4) is 0 Å². The maximum atomic E-state index is 13.2. The lowest BCUT2D eigenvalue weighted by Crippen LogP contribution is -2.31. The zero-order valence-corrected chi connectivity index (χ0v) is 16.6. The largest absolute Gasteiger partial charge is 0.505 e. The van der Waals surface area contributed by atoms with E-state index >= 15 is 0 Å². The third kappa shape index (κ3) is 2.83. The standard InChI is InChI=1S/C19H12N4O5S2/c24-16-15(18-21-12-3-1-2-4-14(12)30(26,27)22-18)19(25)23(13-6-8-29-17(13)16)20-9-11-5-7-28-10-11/h1-10,24H,(H,21,22)/b20-9+. The summed E-state index contributed by atoms with van der Waals surface area (Å²) in [5.74, 6) is -0.626. The number of aromatic nitrogens is 1. The Morgan fingerprint density at radius 1 is 1.23 bits per heavy atom. The van der Waals surface area contributed by atoms with Gasteiger partial charge in [-0.2, -0.15) is 18.2 Å².